The van der Waals surface area contributed by atoms with Crippen molar-refractivity contribution in [2.24, 2.45) is 0 Å². The van der Waals surface area contributed by atoms with Gasteiger partial charge in [0.2, 0.25) is 0 Å². The summed E-state index contributed by atoms with van der Waals surface area (Å²) < 4.78 is 12.4. The molecule has 0 bridgehead atoms. The molecule has 1 aromatic heterocycles. The van der Waals surface area contributed by atoms with Gasteiger partial charge in [0.05, 0.1) is 0 Å². The average Bonchev–Trinajstić information content (AvgIpc) is 2.71. The maximum atomic E-state index is 12.4. The van der Waals surface area contributed by atoms with Crippen molar-refractivity contribution >= 4 is 17.3 Å². The van der Waals surface area contributed by atoms with E-state index in [1.54, 1.807) is 19.1 Å². The molecule has 0 amide bonds. The van der Waals surface area contributed by atoms with Crippen LogP contribution in [0.3, 0.4) is 0 Å². The topological polar surface area (TPSA) is 37.3 Å². The summed E-state index contributed by atoms with van der Waals surface area (Å²) in [5.41, 5.74) is 3.21. The van der Waals surface area contributed by atoms with E-state index >= 15 is 0 Å². The molecular formula is C13H11FO2S. The monoisotopic (exact) mass is 250 g/mol. The second-order valence-corrected chi connectivity index (χ2v) is 4.62. The Bertz CT molecular complexity index is 543. The summed E-state index contributed by atoms with van der Waals surface area (Å²) in [6, 6.07) is 7.06. The van der Waals surface area contributed by atoms with Crippen LogP contribution in [0.1, 0.15) is 20.8 Å². The summed E-state index contributed by atoms with van der Waals surface area (Å²) in [5, 5.41) is 10.8. The van der Waals surface area contributed by atoms with E-state index in [0.29, 0.717) is 10.4 Å². The number of benzene rings is 1. The Balaban J connectivity index is 2.42. The van der Waals surface area contributed by atoms with E-state index < -0.39 is 12.6 Å². The number of carboxylic acids is 1. The molecule has 2 nitrogen and oxygen atoms in total. The highest BCUT2D eigenvalue weighted by atomic mass is 32.1. The second-order valence-electron chi connectivity index (χ2n) is 3.74. The van der Waals surface area contributed by atoms with Crippen LogP contribution in [0.2, 0.25) is 0 Å². The standard InChI is InChI=1S/C13H11FO2S/c1-8-11(7-17-12(8)13(15)16)10-4-2-9(6-14)3-5-10/h2-5,7H,6H2,1H3,(H,15,16). The molecule has 1 N–H and O–H groups in total. The van der Waals surface area contributed by atoms with Crippen LogP contribution in [0.5, 0.6) is 0 Å². The average molecular weight is 250 g/mol. The first-order chi connectivity index (χ1) is 8.13. The van der Waals surface area contributed by atoms with E-state index in [2.05, 4.69) is 0 Å². The molecule has 0 fully saturated rings. The first kappa shape index (κ1) is 11.8. The third kappa shape index (κ3) is 2.22. The van der Waals surface area contributed by atoms with E-state index in [1.165, 1.54) is 11.3 Å². The minimum absolute atomic E-state index is 0.356. The van der Waals surface area contributed by atoms with Crippen LogP contribution in [0.15, 0.2) is 29.6 Å². The van der Waals surface area contributed by atoms with Gasteiger partial charge < -0.3 is 5.11 Å². The van der Waals surface area contributed by atoms with Gasteiger partial charge in [-0.3, -0.25) is 0 Å². The minimum atomic E-state index is -0.904. The fraction of sp³-hybridized carbons (Fsp3) is 0.154. The summed E-state index contributed by atoms with van der Waals surface area (Å²) in [7, 11) is 0. The minimum Gasteiger partial charge on any atom is -0.477 e. The highest BCUT2D eigenvalue weighted by Crippen LogP contribution is 2.31. The molecule has 2 rings (SSSR count). The molecule has 0 saturated heterocycles. The normalized spacial score (nSPS) is 10.5. The van der Waals surface area contributed by atoms with Crippen molar-refractivity contribution in [1.29, 1.82) is 0 Å². The van der Waals surface area contributed by atoms with Crippen LogP contribution in [0, 0.1) is 6.92 Å². The van der Waals surface area contributed by atoms with Crippen molar-refractivity contribution < 1.29 is 14.3 Å². The number of hydrogen-bond acceptors (Lipinski definition) is 2. The number of hydrogen-bond donors (Lipinski definition) is 1. The van der Waals surface area contributed by atoms with Gasteiger partial charge >= 0.3 is 5.97 Å². The number of aromatic carboxylic acids is 1. The van der Waals surface area contributed by atoms with E-state index in [4.69, 9.17) is 5.11 Å². The highest BCUT2D eigenvalue weighted by Gasteiger charge is 2.14. The molecule has 17 heavy (non-hydrogen) atoms. The van der Waals surface area contributed by atoms with Gasteiger partial charge in [-0.25, -0.2) is 9.18 Å². The molecule has 0 saturated carbocycles. The zero-order valence-corrected chi connectivity index (χ0v) is 10.1. The maximum absolute atomic E-state index is 12.4. The van der Waals surface area contributed by atoms with Gasteiger partial charge in [-0.2, -0.15) is 0 Å². The predicted octanol–water partition coefficient (Wildman–Crippen LogP) is 3.89. The number of thiophene rings is 1. The lowest BCUT2D eigenvalue weighted by atomic mass is 10.0. The van der Waals surface area contributed by atoms with Crippen LogP contribution < -0.4 is 0 Å². The van der Waals surface area contributed by atoms with Crippen LogP contribution in [0.4, 0.5) is 4.39 Å². The lowest BCUT2D eigenvalue weighted by Crippen LogP contribution is -1.94. The third-order valence-corrected chi connectivity index (χ3v) is 3.72. The van der Waals surface area contributed by atoms with Gasteiger partial charge in [-0.1, -0.05) is 24.3 Å². The molecular weight excluding hydrogens is 239 g/mol. The van der Waals surface area contributed by atoms with Crippen LogP contribution in [-0.2, 0) is 6.67 Å². The van der Waals surface area contributed by atoms with E-state index in [0.717, 1.165) is 16.7 Å². The molecule has 0 radical (unpaired) electrons. The fourth-order valence-corrected chi connectivity index (χ4v) is 2.62. The Kier molecular flexibility index (Phi) is 3.24. The first-order valence-corrected chi connectivity index (χ1v) is 5.98. The molecule has 0 aliphatic heterocycles. The van der Waals surface area contributed by atoms with Crippen molar-refractivity contribution in [2.75, 3.05) is 0 Å². The molecule has 88 valence electrons. The fourth-order valence-electron chi connectivity index (χ4n) is 1.69. The summed E-state index contributed by atoms with van der Waals surface area (Å²) in [6.45, 7) is 1.31. The molecule has 0 spiro atoms. The van der Waals surface area contributed by atoms with E-state index in [1.807, 2.05) is 17.5 Å². The van der Waals surface area contributed by atoms with Crippen LogP contribution >= 0.6 is 11.3 Å². The van der Waals surface area contributed by atoms with Gasteiger partial charge in [-0.15, -0.1) is 11.3 Å². The molecule has 0 unspecified atom stereocenters. The molecule has 0 aliphatic rings. The quantitative estimate of drug-likeness (QED) is 0.897. The number of carbonyl (C=O) groups is 1. The molecule has 0 atom stereocenters. The summed E-state index contributed by atoms with van der Waals surface area (Å²) in [5.74, 6) is -0.904. The van der Waals surface area contributed by atoms with Crippen molar-refractivity contribution in [2.45, 2.75) is 13.6 Å². The van der Waals surface area contributed by atoms with Crippen molar-refractivity contribution in [3.05, 3.63) is 45.6 Å². The predicted molar refractivity (Wildman–Crippen MR) is 66.3 cm³/mol. The van der Waals surface area contributed by atoms with Gasteiger partial charge in [0, 0.05) is 0 Å². The van der Waals surface area contributed by atoms with Gasteiger partial charge in [0.25, 0.3) is 0 Å². The Labute approximate surface area is 102 Å². The number of halogens is 1. The molecule has 1 aromatic carbocycles. The van der Waals surface area contributed by atoms with E-state index in [-0.39, 0.29) is 0 Å². The zero-order valence-electron chi connectivity index (χ0n) is 9.24. The van der Waals surface area contributed by atoms with Crippen molar-refractivity contribution in [3.8, 4) is 11.1 Å². The molecule has 0 aliphatic carbocycles. The number of alkyl halides is 1. The molecule has 4 heteroatoms. The Morgan fingerprint density at radius 2 is 2.00 bits per heavy atom. The summed E-state index contributed by atoms with van der Waals surface area (Å²) in [6.07, 6.45) is 0. The lowest BCUT2D eigenvalue weighted by molar-refractivity contribution is 0.0701. The highest BCUT2D eigenvalue weighted by molar-refractivity contribution is 7.12. The van der Waals surface area contributed by atoms with Gasteiger partial charge in [0.15, 0.2) is 0 Å². The number of carboxylic acid groups (broad SMARTS) is 1. The number of rotatable bonds is 3. The smallest absolute Gasteiger partial charge is 0.346 e. The maximum Gasteiger partial charge on any atom is 0.346 e. The van der Waals surface area contributed by atoms with Crippen molar-refractivity contribution in [1.82, 2.24) is 0 Å². The largest absolute Gasteiger partial charge is 0.477 e. The lowest BCUT2D eigenvalue weighted by Gasteiger charge is -2.02. The van der Waals surface area contributed by atoms with E-state index in [9.17, 15) is 9.18 Å². The second kappa shape index (κ2) is 4.67. The van der Waals surface area contributed by atoms with Crippen LogP contribution in [-0.4, -0.2) is 11.1 Å². The first-order valence-electron chi connectivity index (χ1n) is 5.10. The Hall–Kier alpha value is -1.68. The van der Waals surface area contributed by atoms with Gasteiger partial charge in [-0.05, 0) is 34.6 Å². The SMILES string of the molecule is Cc1c(-c2ccc(CF)cc2)csc1C(=O)O. The molecule has 2 aromatic rings. The Morgan fingerprint density at radius 3 is 2.47 bits per heavy atom. The summed E-state index contributed by atoms with van der Waals surface area (Å²) in [4.78, 5) is 11.3. The summed E-state index contributed by atoms with van der Waals surface area (Å²) >= 11 is 1.22. The van der Waals surface area contributed by atoms with Gasteiger partial charge in [0.1, 0.15) is 11.6 Å². The van der Waals surface area contributed by atoms with Crippen molar-refractivity contribution in [3.63, 3.8) is 0 Å². The van der Waals surface area contributed by atoms with Crippen LogP contribution in [0.25, 0.3) is 11.1 Å². The Morgan fingerprint density at radius 1 is 1.35 bits per heavy atom. The molecule has 1 heterocycles. The zero-order chi connectivity index (χ0) is 12.4. The third-order valence-electron chi connectivity index (χ3n) is 2.65.